The molecule has 0 saturated heterocycles. The van der Waals surface area contributed by atoms with E-state index in [1.54, 1.807) is 18.2 Å². The Morgan fingerprint density at radius 1 is 1.50 bits per heavy atom. The first-order chi connectivity index (χ1) is 6.70. The molecule has 0 radical (unpaired) electrons. The molecule has 1 amide bonds. The molecule has 4 N–H and O–H groups in total. The topological polar surface area (TPSA) is 95.1 Å². The lowest BCUT2D eigenvalue weighted by Crippen LogP contribution is -2.10. The highest BCUT2D eigenvalue weighted by molar-refractivity contribution is 5.95. The molecule has 0 aliphatic rings. The fourth-order valence-corrected chi connectivity index (χ4v) is 1.22. The number of carbonyl (C=O) groups is 1. The van der Waals surface area contributed by atoms with Crippen LogP contribution in [-0.4, -0.2) is 10.9 Å². The molecule has 1 heterocycles. The van der Waals surface area contributed by atoms with Gasteiger partial charge in [-0.25, -0.2) is 4.98 Å². The number of nitrogens with two attached hydrogens (primary N) is 2. The summed E-state index contributed by atoms with van der Waals surface area (Å²) in [6.45, 7) is 0.237. The van der Waals surface area contributed by atoms with Crippen LogP contribution in [0.1, 0.15) is 16.2 Å². The Balaban J connectivity index is 2.59. The summed E-state index contributed by atoms with van der Waals surface area (Å²) in [4.78, 5) is 14.9. The van der Waals surface area contributed by atoms with E-state index in [1.807, 2.05) is 0 Å². The molecule has 0 atom stereocenters. The van der Waals surface area contributed by atoms with Gasteiger partial charge in [-0.3, -0.25) is 4.79 Å². The molecule has 0 fully saturated rings. The highest BCUT2D eigenvalue weighted by atomic mass is 16.3. The van der Waals surface area contributed by atoms with Crippen LogP contribution in [-0.2, 0) is 6.54 Å². The summed E-state index contributed by atoms with van der Waals surface area (Å²) < 4.78 is 5.26. The largest absolute Gasteiger partial charge is 0.439 e. The Morgan fingerprint density at radius 2 is 2.29 bits per heavy atom. The molecule has 0 unspecified atom stereocenters. The van der Waals surface area contributed by atoms with Crippen LogP contribution in [0.25, 0.3) is 11.1 Å². The lowest BCUT2D eigenvalue weighted by molar-refractivity contribution is 0.100. The van der Waals surface area contributed by atoms with Gasteiger partial charge in [-0.05, 0) is 18.2 Å². The third-order valence-corrected chi connectivity index (χ3v) is 1.89. The number of benzene rings is 1. The van der Waals surface area contributed by atoms with Crippen molar-refractivity contribution in [1.29, 1.82) is 0 Å². The summed E-state index contributed by atoms with van der Waals surface area (Å²) in [5, 5.41) is 0. The van der Waals surface area contributed by atoms with Crippen LogP contribution in [0.5, 0.6) is 0 Å². The van der Waals surface area contributed by atoms with E-state index in [9.17, 15) is 4.79 Å². The van der Waals surface area contributed by atoms with E-state index in [4.69, 9.17) is 15.9 Å². The van der Waals surface area contributed by atoms with Gasteiger partial charge in [0.05, 0.1) is 6.54 Å². The fraction of sp³-hybridized carbons (Fsp3) is 0.111. The maximum Gasteiger partial charge on any atom is 0.248 e. The molecule has 1 aromatic carbocycles. The first-order valence-electron chi connectivity index (χ1n) is 4.10. The molecule has 1 aromatic heterocycles. The molecule has 5 heteroatoms. The predicted octanol–water partition coefficient (Wildman–Crippen LogP) is 0.385. The molecular formula is C9H9N3O2. The Labute approximate surface area is 79.7 Å². The molecule has 0 aliphatic carbocycles. The summed E-state index contributed by atoms with van der Waals surface area (Å²) in [5.74, 6) is -0.0363. The van der Waals surface area contributed by atoms with Crippen molar-refractivity contribution in [2.24, 2.45) is 11.5 Å². The normalized spacial score (nSPS) is 10.6. The number of rotatable bonds is 2. The van der Waals surface area contributed by atoms with Gasteiger partial charge in [-0.15, -0.1) is 0 Å². The molecule has 72 valence electrons. The van der Waals surface area contributed by atoms with Crippen molar-refractivity contribution in [3.8, 4) is 0 Å². The lowest BCUT2D eigenvalue weighted by Gasteiger charge is -1.92. The number of carbonyl (C=O) groups excluding carboxylic acids is 1. The van der Waals surface area contributed by atoms with Gasteiger partial charge in [0, 0.05) is 5.56 Å². The summed E-state index contributed by atoms with van der Waals surface area (Å²) in [6, 6.07) is 4.83. The number of hydrogen-bond acceptors (Lipinski definition) is 4. The zero-order chi connectivity index (χ0) is 10.1. The standard InChI is InChI=1S/C9H9N3O2/c10-4-8-12-6-3-5(9(11)13)1-2-7(6)14-8/h1-3H,4,10H2,(H2,11,13). The number of nitrogens with zero attached hydrogens (tertiary/aromatic N) is 1. The van der Waals surface area contributed by atoms with E-state index in [0.29, 0.717) is 22.6 Å². The SMILES string of the molecule is NCc1nc2cc(C(N)=O)ccc2o1. The third-order valence-electron chi connectivity index (χ3n) is 1.89. The average Bonchev–Trinajstić information content (AvgIpc) is 2.58. The molecular weight excluding hydrogens is 182 g/mol. The molecule has 14 heavy (non-hydrogen) atoms. The summed E-state index contributed by atoms with van der Waals surface area (Å²) in [7, 11) is 0. The fourth-order valence-electron chi connectivity index (χ4n) is 1.22. The Morgan fingerprint density at radius 3 is 2.93 bits per heavy atom. The Bertz CT molecular complexity index is 490. The van der Waals surface area contributed by atoms with Crippen LogP contribution < -0.4 is 11.5 Å². The molecule has 5 nitrogen and oxygen atoms in total. The van der Waals surface area contributed by atoms with Crippen LogP contribution in [0.2, 0.25) is 0 Å². The number of hydrogen-bond donors (Lipinski definition) is 2. The molecule has 0 saturated carbocycles. The molecule has 2 aromatic rings. The quantitative estimate of drug-likeness (QED) is 0.717. The van der Waals surface area contributed by atoms with Crippen molar-refractivity contribution < 1.29 is 9.21 Å². The van der Waals surface area contributed by atoms with Crippen LogP contribution in [0.3, 0.4) is 0 Å². The molecule has 0 aliphatic heterocycles. The Hall–Kier alpha value is -1.88. The lowest BCUT2D eigenvalue weighted by atomic mass is 10.2. The van der Waals surface area contributed by atoms with Crippen molar-refractivity contribution in [3.63, 3.8) is 0 Å². The predicted molar refractivity (Wildman–Crippen MR) is 50.4 cm³/mol. The Kier molecular flexibility index (Phi) is 1.94. The van der Waals surface area contributed by atoms with Gasteiger partial charge in [0.25, 0.3) is 0 Å². The average molecular weight is 191 g/mol. The molecule has 2 rings (SSSR count). The summed E-state index contributed by atoms with van der Waals surface area (Å²) >= 11 is 0. The number of primary amides is 1. The minimum Gasteiger partial charge on any atom is -0.439 e. The molecule has 0 bridgehead atoms. The van der Waals surface area contributed by atoms with Gasteiger partial charge in [-0.1, -0.05) is 0 Å². The van der Waals surface area contributed by atoms with E-state index in [-0.39, 0.29) is 6.54 Å². The van der Waals surface area contributed by atoms with Crippen molar-refractivity contribution in [2.75, 3.05) is 0 Å². The van der Waals surface area contributed by atoms with Gasteiger partial charge >= 0.3 is 0 Å². The number of aromatic nitrogens is 1. The van der Waals surface area contributed by atoms with Crippen molar-refractivity contribution >= 4 is 17.0 Å². The maximum atomic E-state index is 10.9. The van der Waals surface area contributed by atoms with E-state index in [1.165, 1.54) is 0 Å². The van der Waals surface area contributed by atoms with E-state index in [0.717, 1.165) is 0 Å². The number of fused-ring (bicyclic) bond motifs is 1. The van der Waals surface area contributed by atoms with E-state index < -0.39 is 5.91 Å². The minimum atomic E-state index is -0.482. The van der Waals surface area contributed by atoms with Crippen molar-refractivity contribution in [2.45, 2.75) is 6.54 Å². The molecule has 0 spiro atoms. The zero-order valence-electron chi connectivity index (χ0n) is 7.36. The van der Waals surface area contributed by atoms with Crippen molar-refractivity contribution in [1.82, 2.24) is 4.98 Å². The minimum absolute atomic E-state index is 0.237. The van der Waals surface area contributed by atoms with Gasteiger partial charge in [0.2, 0.25) is 11.8 Å². The van der Waals surface area contributed by atoms with Crippen LogP contribution in [0.15, 0.2) is 22.6 Å². The van der Waals surface area contributed by atoms with E-state index >= 15 is 0 Å². The van der Waals surface area contributed by atoms with Crippen LogP contribution in [0.4, 0.5) is 0 Å². The third kappa shape index (κ3) is 1.33. The highest BCUT2D eigenvalue weighted by Gasteiger charge is 2.07. The second-order valence-corrected chi connectivity index (χ2v) is 2.86. The number of amides is 1. The maximum absolute atomic E-state index is 10.9. The van der Waals surface area contributed by atoms with Gasteiger partial charge in [-0.2, -0.15) is 0 Å². The smallest absolute Gasteiger partial charge is 0.248 e. The van der Waals surface area contributed by atoms with E-state index in [2.05, 4.69) is 4.98 Å². The van der Waals surface area contributed by atoms with Crippen molar-refractivity contribution in [3.05, 3.63) is 29.7 Å². The second kappa shape index (κ2) is 3.12. The number of oxazole rings is 1. The zero-order valence-corrected chi connectivity index (χ0v) is 7.36. The van der Waals surface area contributed by atoms with Gasteiger partial charge in [0.15, 0.2) is 5.58 Å². The van der Waals surface area contributed by atoms with Gasteiger partial charge in [0.1, 0.15) is 5.52 Å². The summed E-state index contributed by atoms with van der Waals surface area (Å²) in [6.07, 6.45) is 0. The monoisotopic (exact) mass is 191 g/mol. The first-order valence-corrected chi connectivity index (χ1v) is 4.10. The summed E-state index contributed by atoms with van der Waals surface area (Å²) in [5.41, 5.74) is 12.1. The second-order valence-electron chi connectivity index (χ2n) is 2.86. The first kappa shape index (κ1) is 8.71. The van der Waals surface area contributed by atoms with Gasteiger partial charge < -0.3 is 15.9 Å². The van der Waals surface area contributed by atoms with Crippen LogP contribution in [0, 0.1) is 0 Å². The van der Waals surface area contributed by atoms with Crippen LogP contribution >= 0.6 is 0 Å². The highest BCUT2D eigenvalue weighted by Crippen LogP contribution is 2.16.